The van der Waals surface area contributed by atoms with Crippen molar-refractivity contribution >= 4 is 43.5 Å². The van der Waals surface area contributed by atoms with Crippen LogP contribution in [0, 0.1) is 5.92 Å². The topological polar surface area (TPSA) is 237 Å². The summed E-state index contributed by atoms with van der Waals surface area (Å²) in [4.78, 5) is 29.6. The largest absolute Gasteiger partial charge is 0.512 e. The SMILES string of the molecule is CC(C)CN(C[C@@H](O)[C@H](Cc1ccccc1)NC(=O)O[C@H]1CCOC1)S(=O)(=O)c1ccc(N)cc1.CCC[C@@]1(CCc2ccccc2)CC(O)=C([C@H](CC)c2cccc(NS(=O)(=O)c3ccc(C(F)(F)F)cn3)c2)C(=O)O1. The minimum absolute atomic E-state index is 0.0126. The number of cyclic esters (lactones) is 1. The molecule has 21 heteroatoms. The predicted molar refractivity (Wildman–Crippen MR) is 286 cm³/mol. The number of aryl methyl sites for hydroxylation is 1. The van der Waals surface area contributed by atoms with Crippen LogP contribution in [-0.2, 0) is 58.1 Å². The molecule has 5 aromatic rings. The molecule has 5 atom stereocenters. The molecule has 6 N–H and O–H groups in total. The molecule has 0 aliphatic carbocycles. The Morgan fingerprint density at radius 2 is 1.58 bits per heavy atom. The molecule has 1 saturated heterocycles. The molecule has 0 saturated carbocycles. The molecule has 1 amide bonds. The van der Waals surface area contributed by atoms with Gasteiger partial charge in [-0.25, -0.2) is 23.0 Å². The van der Waals surface area contributed by atoms with Gasteiger partial charge in [0, 0.05) is 49.4 Å². The Bertz CT molecular complexity index is 2980. The number of sulfonamides is 2. The van der Waals surface area contributed by atoms with Gasteiger partial charge in [0.2, 0.25) is 10.0 Å². The molecule has 0 radical (unpaired) electrons. The molecule has 2 aliphatic rings. The molecule has 0 unspecified atom stereocenters. The van der Waals surface area contributed by atoms with Gasteiger partial charge >= 0.3 is 18.2 Å². The predicted octanol–water partition coefficient (Wildman–Crippen LogP) is 9.73. The number of hydrogen-bond acceptors (Lipinski definition) is 13. The van der Waals surface area contributed by atoms with Crippen LogP contribution in [0.15, 0.2) is 149 Å². The number of anilines is 2. The number of nitrogens with two attached hydrogens (primary N) is 1. The number of esters is 1. The summed E-state index contributed by atoms with van der Waals surface area (Å²) in [5.41, 5.74) is 7.09. The number of rotatable bonds is 22. The Kier molecular flexibility index (Phi) is 20.7. The fraction of sp³-hybridized carbons (Fsp3) is 0.411. The van der Waals surface area contributed by atoms with Gasteiger partial charge in [-0.3, -0.25) is 4.72 Å². The quantitative estimate of drug-likeness (QED) is 0.0321. The van der Waals surface area contributed by atoms with Crippen LogP contribution in [0.1, 0.15) is 94.4 Å². The van der Waals surface area contributed by atoms with Crippen molar-refractivity contribution in [3.05, 3.63) is 161 Å². The van der Waals surface area contributed by atoms with Crippen molar-refractivity contribution in [3.63, 3.8) is 0 Å². The Labute approximate surface area is 449 Å². The number of ether oxygens (including phenoxy) is 3. The third-order valence-electron chi connectivity index (χ3n) is 13.1. The monoisotopic (exact) mass is 1110 g/mol. The van der Waals surface area contributed by atoms with Gasteiger partial charge in [-0.2, -0.15) is 25.9 Å². The molecule has 1 aromatic heterocycles. The highest BCUT2D eigenvalue weighted by atomic mass is 32.2. The van der Waals surface area contributed by atoms with E-state index in [1.165, 1.54) is 40.7 Å². The van der Waals surface area contributed by atoms with E-state index in [2.05, 4.69) is 15.0 Å². The number of pyridine rings is 1. The lowest BCUT2D eigenvalue weighted by Gasteiger charge is -2.38. The summed E-state index contributed by atoms with van der Waals surface area (Å²) >= 11 is 0. The second kappa shape index (κ2) is 26.7. The molecule has 3 heterocycles. The Morgan fingerprint density at radius 1 is 0.909 bits per heavy atom. The van der Waals surface area contributed by atoms with E-state index in [-0.39, 0.29) is 53.4 Å². The number of alkyl carbamates (subject to hydrolysis) is 1. The van der Waals surface area contributed by atoms with Gasteiger partial charge < -0.3 is 35.5 Å². The third-order valence-corrected chi connectivity index (χ3v) is 16.2. The maximum atomic E-state index is 13.4. The van der Waals surface area contributed by atoms with Gasteiger partial charge in [0.1, 0.15) is 17.5 Å². The van der Waals surface area contributed by atoms with E-state index < -0.39 is 72.5 Å². The summed E-state index contributed by atoms with van der Waals surface area (Å²) in [6, 6.07) is 32.1. The molecule has 0 bridgehead atoms. The van der Waals surface area contributed by atoms with Crippen LogP contribution >= 0.6 is 0 Å². The number of aromatic nitrogens is 1. The second-order valence-corrected chi connectivity index (χ2v) is 23.2. The first kappa shape index (κ1) is 59.7. The van der Waals surface area contributed by atoms with Gasteiger partial charge in [-0.1, -0.05) is 107 Å². The summed E-state index contributed by atoms with van der Waals surface area (Å²) < 4.78 is 111. The van der Waals surface area contributed by atoms with E-state index in [0.717, 1.165) is 23.6 Å². The smallest absolute Gasteiger partial charge is 0.417 e. The fourth-order valence-corrected chi connectivity index (χ4v) is 11.9. The molecular weight excluding hydrogens is 1040 g/mol. The number of hydrogen-bond donors (Lipinski definition) is 5. The zero-order valence-corrected chi connectivity index (χ0v) is 45.1. The first-order chi connectivity index (χ1) is 36.5. The number of halogens is 3. The maximum absolute atomic E-state index is 13.4. The van der Waals surface area contributed by atoms with Gasteiger partial charge in [-0.05, 0) is 103 Å². The van der Waals surface area contributed by atoms with E-state index in [1.807, 2.05) is 88.4 Å². The van der Waals surface area contributed by atoms with Crippen molar-refractivity contribution in [2.45, 2.75) is 125 Å². The molecule has 0 spiro atoms. The Balaban J connectivity index is 0.000000254. The minimum atomic E-state index is -4.65. The summed E-state index contributed by atoms with van der Waals surface area (Å²) in [5.74, 6) is -1.22. The average Bonchev–Trinajstić information content (AvgIpc) is 3.90. The van der Waals surface area contributed by atoms with E-state index in [0.29, 0.717) is 75.3 Å². The Morgan fingerprint density at radius 3 is 2.16 bits per heavy atom. The molecule has 7 rings (SSSR count). The van der Waals surface area contributed by atoms with Crippen molar-refractivity contribution in [3.8, 4) is 0 Å². The first-order valence-electron chi connectivity index (χ1n) is 25.5. The van der Waals surface area contributed by atoms with Gasteiger partial charge in [0.15, 0.2) is 5.03 Å². The van der Waals surface area contributed by atoms with Crippen LogP contribution < -0.4 is 15.8 Å². The van der Waals surface area contributed by atoms with E-state index in [1.54, 1.807) is 12.1 Å². The molecular formula is C56H68F3N5O11S2. The van der Waals surface area contributed by atoms with E-state index in [4.69, 9.17) is 19.9 Å². The third kappa shape index (κ3) is 16.7. The van der Waals surface area contributed by atoms with Gasteiger partial charge in [0.25, 0.3) is 10.0 Å². The highest BCUT2D eigenvalue weighted by molar-refractivity contribution is 7.92. The summed E-state index contributed by atoms with van der Waals surface area (Å²) in [5, 5.41) is 24.6. The number of aliphatic hydroxyl groups is 2. The standard InChI is InChI=1S/C31H33F3N2O5S.C25H35N3O6S/c1-3-16-30(17-15-21-9-6-5-7-10-21)19-26(37)28(29(38)41-30)25(4-2)22-11-8-12-24(18-22)36-42(39,40)27-14-13-23(20-35-27)31(32,33)34;1-18(2)15-28(35(31,32)22-10-8-20(26)9-11-22)16-24(29)23(14-19-6-4-3-5-7-19)27-25(30)34-21-12-13-33-17-21/h5-14,18,20,25,36-37H,3-4,15-17,19H2,1-2H3;3-11,18,21,23-24,29H,12-17,26H2,1-2H3,(H,27,30)/t25-,30-;21-,23-,24+/m10/s1. The highest BCUT2D eigenvalue weighted by Gasteiger charge is 2.43. The molecule has 4 aromatic carbocycles. The Hall–Kier alpha value is -6.52. The van der Waals surface area contributed by atoms with Gasteiger partial charge in [0.05, 0.1) is 41.4 Å². The van der Waals surface area contributed by atoms with Crippen LogP contribution in [0.3, 0.4) is 0 Å². The first-order valence-corrected chi connectivity index (χ1v) is 28.4. The summed E-state index contributed by atoms with van der Waals surface area (Å²) in [6.45, 7) is 8.50. The number of carbonyl (C=O) groups excluding carboxylic acids is 2. The van der Waals surface area contributed by atoms with Crippen molar-refractivity contribution < 1.29 is 64.0 Å². The number of aliphatic hydroxyl groups excluding tert-OH is 2. The van der Waals surface area contributed by atoms with Crippen molar-refractivity contribution in [1.82, 2.24) is 14.6 Å². The number of nitrogens with one attached hydrogen (secondary N) is 2. The lowest BCUT2D eigenvalue weighted by atomic mass is 9.80. The van der Waals surface area contributed by atoms with Crippen LogP contribution in [0.5, 0.6) is 0 Å². The van der Waals surface area contributed by atoms with Crippen molar-refractivity contribution in [2.24, 2.45) is 5.92 Å². The van der Waals surface area contributed by atoms with Crippen LogP contribution in [0.2, 0.25) is 0 Å². The van der Waals surface area contributed by atoms with E-state index >= 15 is 0 Å². The fourth-order valence-electron chi connectivity index (χ4n) is 9.26. The lowest BCUT2D eigenvalue weighted by Crippen LogP contribution is -2.51. The minimum Gasteiger partial charge on any atom is -0.512 e. The zero-order valence-electron chi connectivity index (χ0n) is 43.5. The van der Waals surface area contributed by atoms with Crippen LogP contribution in [-0.4, -0.2) is 98.6 Å². The maximum Gasteiger partial charge on any atom is 0.417 e. The molecule has 16 nitrogen and oxygen atoms in total. The molecule has 2 aliphatic heterocycles. The summed E-state index contributed by atoms with van der Waals surface area (Å²) in [7, 11) is -8.21. The normalized spacial score (nSPS) is 18.2. The number of alkyl halides is 3. The number of amides is 1. The highest BCUT2D eigenvalue weighted by Crippen LogP contribution is 2.42. The molecule has 1 fully saturated rings. The van der Waals surface area contributed by atoms with Crippen LogP contribution in [0.25, 0.3) is 0 Å². The second-order valence-electron chi connectivity index (χ2n) is 19.6. The van der Waals surface area contributed by atoms with Crippen LogP contribution in [0.4, 0.5) is 29.3 Å². The van der Waals surface area contributed by atoms with E-state index in [9.17, 15) is 49.8 Å². The van der Waals surface area contributed by atoms with Crippen molar-refractivity contribution in [1.29, 1.82) is 0 Å². The molecule has 77 heavy (non-hydrogen) atoms. The average molecular weight is 1110 g/mol. The number of nitrogen functional groups attached to an aromatic ring is 1. The lowest BCUT2D eigenvalue weighted by molar-refractivity contribution is -0.161. The van der Waals surface area contributed by atoms with Crippen molar-refractivity contribution in [2.75, 3.05) is 36.8 Å². The zero-order chi connectivity index (χ0) is 56.0. The van der Waals surface area contributed by atoms with Gasteiger partial charge in [-0.15, -0.1) is 0 Å². The molecule has 416 valence electrons. The number of nitrogens with zero attached hydrogens (tertiary/aromatic N) is 2. The number of benzene rings is 4. The number of carbonyl (C=O) groups is 2. The summed E-state index contributed by atoms with van der Waals surface area (Å²) in [6.07, 6.45) is -2.29.